The van der Waals surface area contributed by atoms with Crippen molar-refractivity contribution in [2.75, 3.05) is 26.2 Å². The lowest BCUT2D eigenvalue weighted by molar-refractivity contribution is 0.272. The summed E-state index contributed by atoms with van der Waals surface area (Å²) < 4.78 is 0. The maximum atomic E-state index is 5.53. The molecule has 0 heterocycles. The Morgan fingerprint density at radius 1 is 0.857 bits per heavy atom. The van der Waals surface area contributed by atoms with E-state index in [2.05, 4.69) is 30.4 Å². The van der Waals surface area contributed by atoms with Crippen molar-refractivity contribution in [1.29, 1.82) is 0 Å². The Balaban J connectivity index is 0. The molecule has 88 valence electrons. The number of nitrogens with zero attached hydrogens (tertiary/aromatic N) is 1. The van der Waals surface area contributed by atoms with E-state index >= 15 is 0 Å². The van der Waals surface area contributed by atoms with Crippen molar-refractivity contribution in [1.82, 2.24) is 4.90 Å². The van der Waals surface area contributed by atoms with Crippen molar-refractivity contribution in [3.8, 4) is 0 Å². The van der Waals surface area contributed by atoms with Crippen LogP contribution < -0.4 is 17.4 Å². The van der Waals surface area contributed by atoms with Crippen molar-refractivity contribution in [2.24, 2.45) is 17.4 Å². The fourth-order valence-electron chi connectivity index (χ4n) is 1.28. The Morgan fingerprint density at radius 3 is 1.57 bits per heavy atom. The van der Waals surface area contributed by atoms with Gasteiger partial charge in [0, 0.05) is 13.1 Å². The SMILES string of the molecule is CCCCN(CCN)CCCC.NN. The van der Waals surface area contributed by atoms with Crippen LogP contribution in [0.15, 0.2) is 0 Å². The molecule has 0 aromatic rings. The highest BCUT2D eigenvalue weighted by Crippen LogP contribution is 1.97. The van der Waals surface area contributed by atoms with Crippen LogP contribution in [0.1, 0.15) is 39.5 Å². The van der Waals surface area contributed by atoms with Gasteiger partial charge in [0.15, 0.2) is 0 Å². The molecule has 14 heavy (non-hydrogen) atoms. The summed E-state index contributed by atoms with van der Waals surface area (Å²) in [5.41, 5.74) is 5.53. The minimum absolute atomic E-state index is 0.799. The molecule has 0 aliphatic carbocycles. The van der Waals surface area contributed by atoms with Gasteiger partial charge in [0.2, 0.25) is 0 Å². The van der Waals surface area contributed by atoms with Gasteiger partial charge in [-0.1, -0.05) is 26.7 Å². The number of hydrogen-bond acceptors (Lipinski definition) is 4. The zero-order chi connectivity index (χ0) is 11.2. The van der Waals surface area contributed by atoms with E-state index in [0.29, 0.717) is 0 Å². The first-order valence-corrected chi connectivity index (χ1v) is 5.60. The van der Waals surface area contributed by atoms with Crippen LogP contribution in [0, 0.1) is 0 Å². The minimum atomic E-state index is 0.799. The maximum Gasteiger partial charge on any atom is 0.0105 e. The number of rotatable bonds is 8. The summed E-state index contributed by atoms with van der Waals surface area (Å²) in [5.74, 6) is 8.00. The summed E-state index contributed by atoms with van der Waals surface area (Å²) in [7, 11) is 0. The van der Waals surface area contributed by atoms with Crippen molar-refractivity contribution in [2.45, 2.75) is 39.5 Å². The molecule has 0 bridgehead atoms. The van der Waals surface area contributed by atoms with Gasteiger partial charge < -0.3 is 10.6 Å². The topological polar surface area (TPSA) is 81.3 Å². The molecule has 0 saturated heterocycles. The molecular weight excluding hydrogens is 176 g/mol. The third-order valence-electron chi connectivity index (χ3n) is 2.10. The molecule has 0 aliphatic heterocycles. The molecule has 0 rings (SSSR count). The van der Waals surface area contributed by atoms with Gasteiger partial charge in [-0.25, -0.2) is 0 Å². The average molecular weight is 204 g/mol. The van der Waals surface area contributed by atoms with Crippen molar-refractivity contribution >= 4 is 0 Å². The summed E-state index contributed by atoms with van der Waals surface area (Å²) >= 11 is 0. The van der Waals surface area contributed by atoms with E-state index < -0.39 is 0 Å². The standard InChI is InChI=1S/C10H24N2.H4N2/c1-3-5-8-12(10-7-11)9-6-4-2;1-2/h3-11H2,1-2H3;1-2H2. The van der Waals surface area contributed by atoms with Crippen LogP contribution in [0.5, 0.6) is 0 Å². The molecule has 0 radical (unpaired) electrons. The first kappa shape index (κ1) is 16.3. The third kappa shape index (κ3) is 11.8. The molecule has 0 atom stereocenters. The van der Waals surface area contributed by atoms with E-state index in [-0.39, 0.29) is 0 Å². The Morgan fingerprint density at radius 2 is 1.29 bits per heavy atom. The van der Waals surface area contributed by atoms with Crippen molar-refractivity contribution in [3.63, 3.8) is 0 Å². The van der Waals surface area contributed by atoms with Gasteiger partial charge in [-0.15, -0.1) is 0 Å². The van der Waals surface area contributed by atoms with Crippen LogP contribution in [0.25, 0.3) is 0 Å². The fourth-order valence-corrected chi connectivity index (χ4v) is 1.28. The van der Waals surface area contributed by atoms with Crippen LogP contribution in [0.3, 0.4) is 0 Å². The van der Waals surface area contributed by atoms with Crippen LogP contribution in [0.2, 0.25) is 0 Å². The highest BCUT2D eigenvalue weighted by atomic mass is 15.1. The third-order valence-corrected chi connectivity index (χ3v) is 2.10. The van der Waals surface area contributed by atoms with E-state index in [9.17, 15) is 0 Å². The highest BCUT2D eigenvalue weighted by molar-refractivity contribution is 4.57. The molecule has 0 spiro atoms. The zero-order valence-electron chi connectivity index (χ0n) is 9.84. The number of nitrogens with two attached hydrogens (primary N) is 3. The van der Waals surface area contributed by atoms with E-state index in [1.165, 1.54) is 38.8 Å². The summed E-state index contributed by atoms with van der Waals surface area (Å²) in [6, 6.07) is 0. The monoisotopic (exact) mass is 204 g/mol. The lowest BCUT2D eigenvalue weighted by Crippen LogP contribution is -2.31. The van der Waals surface area contributed by atoms with Gasteiger partial charge >= 0.3 is 0 Å². The maximum absolute atomic E-state index is 5.53. The Hall–Kier alpha value is -0.160. The zero-order valence-corrected chi connectivity index (χ0v) is 9.84. The fraction of sp³-hybridized carbons (Fsp3) is 1.00. The van der Waals surface area contributed by atoms with Crippen LogP contribution in [-0.4, -0.2) is 31.1 Å². The molecule has 0 saturated carbocycles. The molecule has 4 heteroatoms. The summed E-state index contributed by atoms with van der Waals surface area (Å²) in [4.78, 5) is 2.48. The minimum Gasteiger partial charge on any atom is -0.329 e. The van der Waals surface area contributed by atoms with Gasteiger partial charge in [0.25, 0.3) is 0 Å². The first-order chi connectivity index (χ1) is 6.85. The predicted octanol–water partition coefficient (Wildman–Crippen LogP) is 0.666. The summed E-state index contributed by atoms with van der Waals surface area (Å²) in [6.07, 6.45) is 5.19. The molecular formula is C10H28N4. The van der Waals surface area contributed by atoms with Gasteiger partial charge in [-0.3, -0.25) is 11.7 Å². The number of hydrogen-bond donors (Lipinski definition) is 3. The number of unbranched alkanes of at least 4 members (excludes halogenated alkanes) is 2. The Labute approximate surface area is 88.8 Å². The summed E-state index contributed by atoms with van der Waals surface area (Å²) in [6.45, 7) is 8.80. The molecule has 0 amide bonds. The molecule has 0 unspecified atom stereocenters. The normalized spacial score (nSPS) is 9.86. The van der Waals surface area contributed by atoms with Crippen molar-refractivity contribution < 1.29 is 0 Å². The quantitative estimate of drug-likeness (QED) is 0.401. The van der Waals surface area contributed by atoms with E-state index in [1.54, 1.807) is 0 Å². The van der Waals surface area contributed by atoms with Gasteiger partial charge in [0.1, 0.15) is 0 Å². The highest BCUT2D eigenvalue weighted by Gasteiger charge is 2.00. The second-order valence-corrected chi connectivity index (χ2v) is 3.34. The molecule has 4 nitrogen and oxygen atoms in total. The van der Waals surface area contributed by atoms with Crippen LogP contribution in [-0.2, 0) is 0 Å². The lowest BCUT2D eigenvalue weighted by Gasteiger charge is -2.20. The molecule has 0 aromatic carbocycles. The average Bonchev–Trinajstić information content (AvgIpc) is 2.25. The van der Waals surface area contributed by atoms with Gasteiger partial charge in [0.05, 0.1) is 0 Å². The molecule has 0 fully saturated rings. The smallest absolute Gasteiger partial charge is 0.0105 e. The lowest BCUT2D eigenvalue weighted by atomic mass is 10.2. The second kappa shape index (κ2) is 15.3. The Kier molecular flexibility index (Phi) is 17.8. The van der Waals surface area contributed by atoms with E-state index in [0.717, 1.165) is 13.1 Å². The van der Waals surface area contributed by atoms with Crippen molar-refractivity contribution in [3.05, 3.63) is 0 Å². The van der Waals surface area contributed by atoms with E-state index in [4.69, 9.17) is 5.73 Å². The molecule has 0 aromatic heterocycles. The van der Waals surface area contributed by atoms with Crippen LogP contribution >= 0.6 is 0 Å². The predicted molar refractivity (Wildman–Crippen MR) is 63.7 cm³/mol. The van der Waals surface area contributed by atoms with Gasteiger partial charge in [-0.2, -0.15) is 0 Å². The second-order valence-electron chi connectivity index (χ2n) is 3.34. The largest absolute Gasteiger partial charge is 0.329 e. The van der Waals surface area contributed by atoms with Crippen LogP contribution in [0.4, 0.5) is 0 Å². The van der Waals surface area contributed by atoms with E-state index in [1.807, 2.05) is 0 Å². The number of hydrazine groups is 1. The molecule has 6 N–H and O–H groups in total. The van der Waals surface area contributed by atoms with Gasteiger partial charge in [-0.05, 0) is 25.9 Å². The first-order valence-electron chi connectivity index (χ1n) is 5.60. The molecule has 0 aliphatic rings. The summed E-state index contributed by atoms with van der Waals surface area (Å²) in [5, 5.41) is 0. The Bertz CT molecular complexity index is 80.2.